The Morgan fingerprint density at radius 3 is 2.31 bits per heavy atom. The van der Waals surface area contributed by atoms with Crippen molar-refractivity contribution >= 4 is 5.84 Å². The molecule has 0 unspecified atom stereocenters. The van der Waals surface area contributed by atoms with Gasteiger partial charge in [-0.05, 0) is 12.1 Å². The van der Waals surface area contributed by atoms with Crippen molar-refractivity contribution in [2.24, 2.45) is 5.73 Å². The monoisotopic (exact) mass is 230 g/mol. The molecular weight excluding hydrogens is 218 g/mol. The van der Waals surface area contributed by atoms with E-state index in [2.05, 4.69) is 4.74 Å². The van der Waals surface area contributed by atoms with Gasteiger partial charge in [-0.3, -0.25) is 5.41 Å². The number of nitrogens with one attached hydrogen (secondary N) is 1. The molecule has 4 nitrogen and oxygen atoms in total. The summed E-state index contributed by atoms with van der Waals surface area (Å²) in [7, 11) is 1.45. The predicted molar refractivity (Wildman–Crippen MR) is 54.7 cm³/mol. The summed E-state index contributed by atoms with van der Waals surface area (Å²) >= 11 is 0. The average Bonchev–Trinajstić information content (AvgIpc) is 2.21. The van der Waals surface area contributed by atoms with Gasteiger partial charge in [0.25, 0.3) is 0 Å². The SMILES string of the molecule is COCCOc1c(F)cc(C(=N)N)cc1F. The van der Waals surface area contributed by atoms with E-state index in [4.69, 9.17) is 15.9 Å². The number of nitrogens with two attached hydrogens (primary N) is 1. The largest absolute Gasteiger partial charge is 0.485 e. The summed E-state index contributed by atoms with van der Waals surface area (Å²) in [6.45, 7) is 0.275. The fraction of sp³-hybridized carbons (Fsp3) is 0.300. The molecule has 0 heterocycles. The summed E-state index contributed by atoms with van der Waals surface area (Å²) in [5.74, 6) is -2.66. The van der Waals surface area contributed by atoms with Gasteiger partial charge in [-0.1, -0.05) is 0 Å². The second-order valence-corrected chi connectivity index (χ2v) is 3.02. The number of rotatable bonds is 5. The fourth-order valence-corrected chi connectivity index (χ4v) is 1.08. The number of ether oxygens (including phenoxy) is 2. The number of hydrogen-bond donors (Lipinski definition) is 2. The van der Waals surface area contributed by atoms with Crippen LogP contribution in [0.1, 0.15) is 5.56 Å². The number of benzene rings is 1. The van der Waals surface area contributed by atoms with Gasteiger partial charge in [0.05, 0.1) is 6.61 Å². The Kier molecular flexibility index (Phi) is 4.19. The second kappa shape index (κ2) is 5.41. The first-order chi connectivity index (χ1) is 7.56. The first kappa shape index (κ1) is 12.4. The first-order valence-corrected chi connectivity index (χ1v) is 4.51. The predicted octanol–water partition coefficient (Wildman–Crippen LogP) is 1.27. The molecule has 0 fully saturated rings. The second-order valence-electron chi connectivity index (χ2n) is 3.02. The van der Waals surface area contributed by atoms with Gasteiger partial charge in [0.2, 0.25) is 0 Å². The van der Waals surface area contributed by atoms with Crippen LogP contribution in [0, 0.1) is 17.0 Å². The summed E-state index contributed by atoms with van der Waals surface area (Å²) in [6.07, 6.45) is 0. The maximum absolute atomic E-state index is 13.3. The zero-order chi connectivity index (χ0) is 12.1. The van der Waals surface area contributed by atoms with Crippen LogP contribution in [-0.4, -0.2) is 26.2 Å². The zero-order valence-corrected chi connectivity index (χ0v) is 8.72. The minimum Gasteiger partial charge on any atom is -0.485 e. The van der Waals surface area contributed by atoms with Gasteiger partial charge in [0.1, 0.15) is 12.4 Å². The van der Waals surface area contributed by atoms with Crippen LogP contribution >= 0.6 is 0 Å². The summed E-state index contributed by atoms with van der Waals surface area (Å²) in [5.41, 5.74) is 5.09. The molecule has 0 spiro atoms. The molecule has 1 rings (SSSR count). The van der Waals surface area contributed by atoms with Gasteiger partial charge < -0.3 is 15.2 Å². The van der Waals surface area contributed by atoms with Crippen molar-refractivity contribution in [3.05, 3.63) is 29.3 Å². The molecule has 0 aromatic heterocycles. The van der Waals surface area contributed by atoms with Crippen LogP contribution < -0.4 is 10.5 Å². The molecule has 0 bridgehead atoms. The quantitative estimate of drug-likeness (QED) is 0.454. The third kappa shape index (κ3) is 2.90. The lowest BCUT2D eigenvalue weighted by atomic mass is 10.2. The molecule has 0 amide bonds. The lowest BCUT2D eigenvalue weighted by Crippen LogP contribution is -2.13. The highest BCUT2D eigenvalue weighted by atomic mass is 19.1. The number of amidine groups is 1. The summed E-state index contributed by atoms with van der Waals surface area (Å²) in [4.78, 5) is 0. The van der Waals surface area contributed by atoms with E-state index in [1.165, 1.54) is 7.11 Å². The van der Waals surface area contributed by atoms with Crippen molar-refractivity contribution in [2.45, 2.75) is 0 Å². The van der Waals surface area contributed by atoms with Crippen LogP contribution in [0.5, 0.6) is 5.75 Å². The Labute approximate surface area is 91.5 Å². The van der Waals surface area contributed by atoms with E-state index in [0.717, 1.165) is 12.1 Å². The van der Waals surface area contributed by atoms with E-state index in [0.29, 0.717) is 0 Å². The summed E-state index contributed by atoms with van der Waals surface area (Å²) in [6, 6.07) is 1.90. The highest BCUT2D eigenvalue weighted by molar-refractivity contribution is 5.95. The van der Waals surface area contributed by atoms with E-state index in [1.54, 1.807) is 0 Å². The summed E-state index contributed by atoms with van der Waals surface area (Å²) in [5, 5.41) is 7.05. The van der Waals surface area contributed by atoms with Gasteiger partial charge in [0, 0.05) is 12.7 Å². The fourth-order valence-electron chi connectivity index (χ4n) is 1.08. The van der Waals surface area contributed by atoms with Crippen LogP contribution in [0.4, 0.5) is 8.78 Å². The van der Waals surface area contributed by atoms with Crippen molar-refractivity contribution < 1.29 is 18.3 Å². The Hall–Kier alpha value is -1.69. The smallest absolute Gasteiger partial charge is 0.190 e. The molecule has 3 N–H and O–H groups in total. The topological polar surface area (TPSA) is 68.3 Å². The van der Waals surface area contributed by atoms with Crippen molar-refractivity contribution in [3.8, 4) is 5.75 Å². The Bertz CT molecular complexity index is 373. The minimum atomic E-state index is -0.888. The Morgan fingerprint density at radius 1 is 1.31 bits per heavy atom. The van der Waals surface area contributed by atoms with Gasteiger partial charge in [0.15, 0.2) is 17.4 Å². The maximum atomic E-state index is 13.3. The molecule has 6 heteroatoms. The number of hydrogen-bond acceptors (Lipinski definition) is 3. The lowest BCUT2D eigenvalue weighted by molar-refractivity contribution is 0.141. The third-order valence-electron chi connectivity index (χ3n) is 1.84. The van der Waals surface area contributed by atoms with E-state index >= 15 is 0 Å². The van der Waals surface area contributed by atoms with Crippen molar-refractivity contribution in [1.82, 2.24) is 0 Å². The Balaban J connectivity index is 2.89. The molecule has 0 aliphatic carbocycles. The minimum absolute atomic E-state index is 0.0194. The van der Waals surface area contributed by atoms with E-state index in [9.17, 15) is 8.78 Å². The van der Waals surface area contributed by atoms with Gasteiger partial charge in [-0.2, -0.15) is 0 Å². The molecule has 16 heavy (non-hydrogen) atoms. The highest BCUT2D eigenvalue weighted by Crippen LogP contribution is 2.23. The van der Waals surface area contributed by atoms with Crippen molar-refractivity contribution in [3.63, 3.8) is 0 Å². The van der Waals surface area contributed by atoms with Crippen molar-refractivity contribution in [1.29, 1.82) is 5.41 Å². The molecule has 0 atom stereocenters. The molecule has 0 aliphatic rings. The molecule has 0 saturated heterocycles. The summed E-state index contributed by atoms with van der Waals surface area (Å²) < 4.78 is 36.2. The number of halogens is 2. The van der Waals surface area contributed by atoms with E-state index in [-0.39, 0.29) is 18.8 Å². The maximum Gasteiger partial charge on any atom is 0.190 e. The molecule has 1 aromatic rings. The van der Waals surface area contributed by atoms with Gasteiger partial charge in [-0.25, -0.2) is 8.78 Å². The first-order valence-electron chi connectivity index (χ1n) is 4.51. The number of nitrogen functional groups attached to an aromatic ring is 1. The standard InChI is InChI=1S/C10H12F2N2O2/c1-15-2-3-16-9-7(11)4-6(10(13)14)5-8(9)12/h4-5H,2-3H2,1H3,(H3,13,14). The van der Waals surface area contributed by atoms with Crippen LogP contribution in [0.2, 0.25) is 0 Å². The highest BCUT2D eigenvalue weighted by Gasteiger charge is 2.13. The molecule has 0 aliphatic heterocycles. The van der Waals surface area contributed by atoms with Crippen molar-refractivity contribution in [2.75, 3.05) is 20.3 Å². The average molecular weight is 230 g/mol. The molecular formula is C10H12F2N2O2. The van der Waals surface area contributed by atoms with Crippen LogP contribution in [-0.2, 0) is 4.74 Å². The van der Waals surface area contributed by atoms with Crippen LogP contribution in [0.15, 0.2) is 12.1 Å². The molecule has 0 saturated carbocycles. The van der Waals surface area contributed by atoms with Gasteiger partial charge >= 0.3 is 0 Å². The molecule has 0 radical (unpaired) electrons. The van der Waals surface area contributed by atoms with E-state index in [1.807, 2.05) is 0 Å². The van der Waals surface area contributed by atoms with Crippen LogP contribution in [0.25, 0.3) is 0 Å². The molecule has 88 valence electrons. The molecule has 1 aromatic carbocycles. The van der Waals surface area contributed by atoms with E-state index < -0.39 is 23.2 Å². The third-order valence-corrected chi connectivity index (χ3v) is 1.84. The Morgan fingerprint density at radius 2 is 1.88 bits per heavy atom. The lowest BCUT2D eigenvalue weighted by Gasteiger charge is -2.09. The van der Waals surface area contributed by atoms with Crippen LogP contribution in [0.3, 0.4) is 0 Å². The van der Waals surface area contributed by atoms with Gasteiger partial charge in [-0.15, -0.1) is 0 Å². The number of methoxy groups -OCH3 is 1. The zero-order valence-electron chi connectivity index (χ0n) is 8.72. The normalized spacial score (nSPS) is 10.2.